The van der Waals surface area contributed by atoms with E-state index >= 15 is 0 Å². The predicted molar refractivity (Wildman–Crippen MR) is 123 cm³/mol. The van der Waals surface area contributed by atoms with Crippen LogP contribution < -0.4 is 15.0 Å². The normalized spacial score (nSPS) is 18.2. The molecule has 1 atom stereocenters. The third kappa shape index (κ3) is 3.38. The summed E-state index contributed by atoms with van der Waals surface area (Å²) < 4.78 is 5.49. The van der Waals surface area contributed by atoms with Crippen molar-refractivity contribution in [3.05, 3.63) is 107 Å². The Labute approximate surface area is 181 Å². The molecule has 5 nitrogen and oxygen atoms in total. The number of para-hydroxylation sites is 1. The number of amides is 1. The van der Waals surface area contributed by atoms with Crippen molar-refractivity contribution in [2.45, 2.75) is 6.04 Å². The van der Waals surface area contributed by atoms with Gasteiger partial charge in [-0.1, -0.05) is 60.7 Å². The van der Waals surface area contributed by atoms with Crippen molar-refractivity contribution >= 4 is 17.3 Å². The Balaban J connectivity index is 1.73. The third-order valence-electron chi connectivity index (χ3n) is 5.66. The lowest BCUT2D eigenvalue weighted by Gasteiger charge is -2.28. The Bertz CT molecular complexity index is 1170. The van der Waals surface area contributed by atoms with E-state index in [1.807, 2.05) is 89.8 Å². The van der Waals surface area contributed by atoms with Gasteiger partial charge in [0.15, 0.2) is 0 Å². The lowest BCUT2D eigenvalue weighted by molar-refractivity contribution is -0.115. The maximum atomic E-state index is 13.7. The number of carbonyl (C=O) groups excluding carboxylic acids is 1. The van der Waals surface area contributed by atoms with Gasteiger partial charge in [0.2, 0.25) is 0 Å². The zero-order valence-electron chi connectivity index (χ0n) is 17.3. The van der Waals surface area contributed by atoms with Gasteiger partial charge in [-0.2, -0.15) is 0 Å². The second-order valence-electron chi connectivity index (χ2n) is 7.50. The average Bonchev–Trinajstić information content (AvgIpc) is 2.97. The lowest BCUT2D eigenvalue weighted by Crippen LogP contribution is -2.33. The summed E-state index contributed by atoms with van der Waals surface area (Å²) in [5.41, 5.74) is 5.23. The Hall–Kier alpha value is -3.86. The molecule has 0 spiro atoms. The summed E-state index contributed by atoms with van der Waals surface area (Å²) in [6, 6.07) is 27.5. The van der Waals surface area contributed by atoms with Crippen LogP contribution in [-0.4, -0.2) is 31.8 Å². The molecule has 0 unspecified atom stereocenters. The zero-order chi connectivity index (χ0) is 21.2. The molecule has 154 valence electrons. The molecule has 0 aliphatic carbocycles. The van der Waals surface area contributed by atoms with Gasteiger partial charge in [-0.05, 0) is 29.8 Å². The van der Waals surface area contributed by atoms with Crippen LogP contribution in [0, 0.1) is 0 Å². The Morgan fingerprint density at radius 2 is 1.71 bits per heavy atom. The molecule has 3 aromatic rings. The number of benzene rings is 3. The standard InChI is InChI=1S/C26H23N3O2/c1-31-21-14-8-11-19(17-21)25-22-23(18-9-4-2-5-10-18)27-15-16-28-24(22)26(30)29(25)20-12-6-3-7-13-20/h2-14,17,25,28H,15-16H2,1H3/t25-/m0/s1. The SMILES string of the molecule is COc1cccc([C@H]2C3=C(NCCN=C3c3ccccc3)C(=O)N2c2ccccc2)c1. The molecule has 0 fully saturated rings. The number of hydrogen-bond acceptors (Lipinski definition) is 4. The quantitative estimate of drug-likeness (QED) is 0.705. The van der Waals surface area contributed by atoms with Crippen molar-refractivity contribution in [1.29, 1.82) is 0 Å². The molecule has 5 rings (SSSR count). The second-order valence-corrected chi connectivity index (χ2v) is 7.50. The summed E-state index contributed by atoms with van der Waals surface area (Å²) in [6.45, 7) is 1.23. The molecular weight excluding hydrogens is 386 g/mol. The topological polar surface area (TPSA) is 53.9 Å². The number of nitrogens with one attached hydrogen (secondary N) is 1. The maximum absolute atomic E-state index is 13.7. The minimum atomic E-state index is -0.315. The first-order chi connectivity index (χ1) is 15.3. The predicted octanol–water partition coefficient (Wildman–Crippen LogP) is 4.13. The van der Waals surface area contributed by atoms with E-state index in [1.165, 1.54) is 0 Å². The van der Waals surface area contributed by atoms with E-state index in [0.717, 1.165) is 33.8 Å². The first-order valence-electron chi connectivity index (χ1n) is 10.4. The van der Waals surface area contributed by atoms with Crippen molar-refractivity contribution in [2.75, 3.05) is 25.1 Å². The van der Waals surface area contributed by atoms with Crippen molar-refractivity contribution in [2.24, 2.45) is 4.99 Å². The van der Waals surface area contributed by atoms with Crippen LogP contribution in [0.2, 0.25) is 0 Å². The molecule has 3 aromatic carbocycles. The molecule has 0 saturated heterocycles. The molecule has 2 heterocycles. The summed E-state index contributed by atoms with van der Waals surface area (Å²) in [7, 11) is 1.66. The van der Waals surface area contributed by atoms with Gasteiger partial charge in [0, 0.05) is 23.4 Å². The van der Waals surface area contributed by atoms with Crippen LogP contribution in [0.1, 0.15) is 17.2 Å². The molecule has 0 bridgehead atoms. The van der Waals surface area contributed by atoms with Crippen molar-refractivity contribution in [3.63, 3.8) is 0 Å². The highest BCUT2D eigenvalue weighted by Crippen LogP contribution is 2.43. The van der Waals surface area contributed by atoms with Crippen LogP contribution in [0.25, 0.3) is 0 Å². The molecule has 0 saturated carbocycles. The third-order valence-corrected chi connectivity index (χ3v) is 5.66. The second kappa shape index (κ2) is 8.11. The van der Waals surface area contributed by atoms with Gasteiger partial charge >= 0.3 is 0 Å². The number of carbonyl (C=O) groups is 1. The van der Waals surface area contributed by atoms with Crippen LogP contribution >= 0.6 is 0 Å². The monoisotopic (exact) mass is 409 g/mol. The summed E-state index contributed by atoms with van der Waals surface area (Å²) in [5, 5.41) is 3.36. The highest BCUT2D eigenvalue weighted by atomic mass is 16.5. The smallest absolute Gasteiger partial charge is 0.275 e. The van der Waals surface area contributed by atoms with Crippen molar-refractivity contribution in [1.82, 2.24) is 5.32 Å². The number of hydrogen-bond donors (Lipinski definition) is 1. The van der Waals surface area contributed by atoms with Crippen molar-refractivity contribution < 1.29 is 9.53 Å². The van der Waals surface area contributed by atoms with E-state index in [2.05, 4.69) is 5.32 Å². The van der Waals surface area contributed by atoms with E-state index in [9.17, 15) is 4.79 Å². The molecule has 0 radical (unpaired) electrons. The van der Waals surface area contributed by atoms with E-state index in [4.69, 9.17) is 9.73 Å². The summed E-state index contributed by atoms with van der Waals surface area (Å²) in [6.07, 6.45) is 0. The minimum Gasteiger partial charge on any atom is -0.497 e. The number of ether oxygens (including phenoxy) is 1. The van der Waals surface area contributed by atoms with Crippen LogP contribution in [0.15, 0.2) is 101 Å². The van der Waals surface area contributed by atoms with E-state index in [0.29, 0.717) is 18.8 Å². The molecule has 0 aromatic heterocycles. The van der Waals surface area contributed by atoms with Crippen LogP contribution in [0.5, 0.6) is 5.75 Å². The number of anilines is 1. The lowest BCUT2D eigenvalue weighted by atomic mass is 9.91. The molecule has 2 aliphatic heterocycles. The summed E-state index contributed by atoms with van der Waals surface area (Å²) >= 11 is 0. The van der Waals surface area contributed by atoms with Gasteiger partial charge in [0.25, 0.3) is 5.91 Å². The molecule has 2 aliphatic rings. The van der Waals surface area contributed by atoms with Gasteiger partial charge in [-0.15, -0.1) is 0 Å². The molecule has 1 amide bonds. The van der Waals surface area contributed by atoms with Gasteiger partial charge in [-0.25, -0.2) is 0 Å². The van der Waals surface area contributed by atoms with Crippen LogP contribution in [-0.2, 0) is 4.79 Å². The average molecular weight is 409 g/mol. The summed E-state index contributed by atoms with van der Waals surface area (Å²) in [4.78, 5) is 20.5. The van der Waals surface area contributed by atoms with Gasteiger partial charge in [0.1, 0.15) is 11.4 Å². The fourth-order valence-corrected chi connectivity index (χ4v) is 4.30. The molecular formula is C26H23N3O2. The zero-order valence-corrected chi connectivity index (χ0v) is 17.3. The number of rotatable bonds is 4. The van der Waals surface area contributed by atoms with E-state index < -0.39 is 0 Å². The largest absolute Gasteiger partial charge is 0.497 e. The Morgan fingerprint density at radius 1 is 0.968 bits per heavy atom. The Morgan fingerprint density at radius 3 is 2.45 bits per heavy atom. The Kier molecular flexibility index (Phi) is 5.00. The fraction of sp³-hybridized carbons (Fsp3) is 0.154. The number of nitrogens with zero attached hydrogens (tertiary/aromatic N) is 2. The first kappa shape index (κ1) is 19.1. The number of methoxy groups -OCH3 is 1. The fourth-order valence-electron chi connectivity index (χ4n) is 4.30. The maximum Gasteiger partial charge on any atom is 0.275 e. The molecule has 1 N–H and O–H groups in total. The van der Waals surface area contributed by atoms with Gasteiger partial charge < -0.3 is 10.1 Å². The highest BCUT2D eigenvalue weighted by molar-refractivity contribution is 6.23. The molecule has 5 heteroatoms. The number of aliphatic imine (C=N–C) groups is 1. The van der Waals surface area contributed by atoms with Crippen LogP contribution in [0.4, 0.5) is 5.69 Å². The highest BCUT2D eigenvalue weighted by Gasteiger charge is 2.44. The van der Waals surface area contributed by atoms with Gasteiger partial charge in [0.05, 0.1) is 25.4 Å². The van der Waals surface area contributed by atoms with Crippen molar-refractivity contribution in [3.8, 4) is 5.75 Å². The first-order valence-corrected chi connectivity index (χ1v) is 10.4. The summed E-state index contributed by atoms with van der Waals surface area (Å²) in [5.74, 6) is 0.714. The molecule has 31 heavy (non-hydrogen) atoms. The van der Waals surface area contributed by atoms with E-state index in [-0.39, 0.29) is 11.9 Å². The van der Waals surface area contributed by atoms with Crippen LogP contribution in [0.3, 0.4) is 0 Å². The van der Waals surface area contributed by atoms with Gasteiger partial charge in [-0.3, -0.25) is 14.7 Å². The van der Waals surface area contributed by atoms with E-state index in [1.54, 1.807) is 7.11 Å². The minimum absolute atomic E-state index is 0.0421.